The Morgan fingerprint density at radius 1 is 1.07 bits per heavy atom. The summed E-state index contributed by atoms with van der Waals surface area (Å²) in [6, 6.07) is 0. The van der Waals surface area contributed by atoms with Gasteiger partial charge in [0.25, 0.3) is 0 Å². The van der Waals surface area contributed by atoms with Crippen LogP contribution in [0.25, 0.3) is 0 Å². The highest BCUT2D eigenvalue weighted by Gasteiger charge is 2.13. The fraction of sp³-hybridized carbons (Fsp3) is 1.00. The summed E-state index contributed by atoms with van der Waals surface area (Å²) < 4.78 is 10.8. The number of nitrogens with two attached hydrogens (primary N) is 1. The van der Waals surface area contributed by atoms with Crippen LogP contribution in [0.5, 0.6) is 0 Å². The maximum atomic E-state index is 10.8. The summed E-state index contributed by atoms with van der Waals surface area (Å²) in [5.74, 6) is 0.536. The van der Waals surface area contributed by atoms with Crippen LogP contribution in [0.2, 0.25) is 0 Å². The van der Waals surface area contributed by atoms with Crippen molar-refractivity contribution in [1.82, 2.24) is 0 Å². The van der Waals surface area contributed by atoms with Crippen molar-refractivity contribution in [2.24, 2.45) is 11.4 Å². The maximum Gasteiger partial charge on any atom is 0.429 e. The molecule has 0 heterocycles. The van der Waals surface area contributed by atoms with Gasteiger partial charge in [0.2, 0.25) is 0 Å². The molecule has 0 bridgehead atoms. The Balaban J connectivity index is 3.13. The molecule has 2 atom stereocenters. The third-order valence-electron chi connectivity index (χ3n) is 2.79. The second-order valence-corrected chi connectivity index (χ2v) is 5.81. The Labute approximate surface area is 95.9 Å². The second kappa shape index (κ2) is 10.6. The highest BCUT2D eigenvalue weighted by atomic mass is 31.1. The second-order valence-electron chi connectivity index (χ2n) is 4.61. The molecular weight excluding hydrogens is 205 g/mol. The maximum absolute atomic E-state index is 10.8. The molecule has 2 nitrogen and oxygen atoms in total. The topological polar surface area (TPSA) is 43.1 Å². The zero-order valence-electron chi connectivity index (χ0n) is 10.4. The Morgan fingerprint density at radius 3 is 2.13 bits per heavy atom. The van der Waals surface area contributed by atoms with Gasteiger partial charge in [-0.25, -0.2) is 0 Å². The lowest BCUT2D eigenvalue weighted by Gasteiger charge is -2.04. The van der Waals surface area contributed by atoms with Gasteiger partial charge >= 0.3 is 7.95 Å². The van der Waals surface area contributed by atoms with E-state index in [1.165, 1.54) is 51.4 Å². The van der Waals surface area contributed by atoms with E-state index in [-0.39, 0.29) is 0 Å². The van der Waals surface area contributed by atoms with Crippen molar-refractivity contribution in [2.75, 3.05) is 6.16 Å². The fourth-order valence-corrected chi connectivity index (χ4v) is 2.65. The molecule has 0 aromatic carbocycles. The van der Waals surface area contributed by atoms with E-state index < -0.39 is 7.95 Å². The van der Waals surface area contributed by atoms with Crippen LogP contribution in [0, 0.1) is 5.92 Å². The Hall–Kier alpha value is 0.0600. The number of hydrogen-bond donors (Lipinski definition) is 1. The van der Waals surface area contributed by atoms with E-state index in [0.717, 1.165) is 0 Å². The number of unbranched alkanes of at least 4 members (excludes halogenated alkanes) is 6. The van der Waals surface area contributed by atoms with E-state index in [4.69, 9.17) is 5.50 Å². The highest BCUT2D eigenvalue weighted by Crippen LogP contribution is 2.19. The monoisotopic (exact) mass is 232 g/mol. The van der Waals surface area contributed by atoms with Gasteiger partial charge in [0, 0.05) is 5.92 Å². The third-order valence-corrected chi connectivity index (χ3v) is 3.78. The molecule has 0 spiro atoms. The van der Waals surface area contributed by atoms with E-state index in [9.17, 15) is 4.57 Å². The average molecular weight is 232 g/mol. The standard InChI is InChI=1S/C12H27NOP/c1-3-4-5-6-7-8-9-10-12(2)11-15(13)14/h12H,3-11H2,1-2H3,(H2,13,14)/q+1. The molecule has 0 aromatic rings. The number of rotatable bonds is 10. The Kier molecular flexibility index (Phi) is 10.6. The summed E-state index contributed by atoms with van der Waals surface area (Å²) in [5.41, 5.74) is 5.29. The fourth-order valence-electron chi connectivity index (χ4n) is 1.85. The SMILES string of the molecule is CCCCCCCCCC(C)C[P+](N)=O. The van der Waals surface area contributed by atoms with E-state index >= 15 is 0 Å². The van der Waals surface area contributed by atoms with E-state index in [1.54, 1.807) is 0 Å². The van der Waals surface area contributed by atoms with Gasteiger partial charge in [0.15, 0.2) is 6.16 Å². The van der Waals surface area contributed by atoms with Gasteiger partial charge in [-0.15, -0.1) is 5.50 Å². The molecule has 2 unspecified atom stereocenters. The van der Waals surface area contributed by atoms with Crippen molar-refractivity contribution >= 4 is 7.95 Å². The van der Waals surface area contributed by atoms with Crippen molar-refractivity contribution in [3.05, 3.63) is 0 Å². The third kappa shape index (κ3) is 12.0. The Morgan fingerprint density at radius 2 is 1.60 bits per heavy atom. The van der Waals surface area contributed by atoms with Crippen LogP contribution >= 0.6 is 7.95 Å². The molecule has 0 amide bonds. The van der Waals surface area contributed by atoms with Crippen LogP contribution in [0.1, 0.15) is 65.2 Å². The zero-order chi connectivity index (χ0) is 11.5. The smallest absolute Gasteiger partial charge is 0.122 e. The lowest BCUT2D eigenvalue weighted by molar-refractivity contribution is 0.507. The molecule has 0 fully saturated rings. The first-order valence-corrected chi connectivity index (χ1v) is 7.87. The molecule has 0 saturated heterocycles. The van der Waals surface area contributed by atoms with Gasteiger partial charge in [-0.1, -0.05) is 63.4 Å². The molecule has 15 heavy (non-hydrogen) atoms. The predicted octanol–water partition coefficient (Wildman–Crippen LogP) is 4.46. The number of hydrogen-bond acceptors (Lipinski definition) is 1. The van der Waals surface area contributed by atoms with E-state index in [1.807, 2.05) is 0 Å². The van der Waals surface area contributed by atoms with Crippen molar-refractivity contribution in [3.63, 3.8) is 0 Å². The van der Waals surface area contributed by atoms with Crippen molar-refractivity contribution in [3.8, 4) is 0 Å². The summed E-state index contributed by atoms with van der Waals surface area (Å²) in [6.45, 7) is 4.40. The first-order chi connectivity index (χ1) is 7.16. The molecule has 3 heteroatoms. The quantitative estimate of drug-likeness (QED) is 0.446. The molecule has 0 aliphatic rings. The summed E-state index contributed by atoms with van der Waals surface area (Å²) in [7, 11) is -1.42. The van der Waals surface area contributed by atoms with Gasteiger partial charge in [-0.2, -0.15) is 0 Å². The molecule has 0 rings (SSSR count). The summed E-state index contributed by atoms with van der Waals surface area (Å²) in [4.78, 5) is 0. The van der Waals surface area contributed by atoms with Crippen LogP contribution in [-0.2, 0) is 4.57 Å². The molecule has 90 valence electrons. The van der Waals surface area contributed by atoms with Crippen LogP contribution in [0.3, 0.4) is 0 Å². The highest BCUT2D eigenvalue weighted by molar-refractivity contribution is 7.41. The van der Waals surface area contributed by atoms with Crippen molar-refractivity contribution in [2.45, 2.75) is 65.2 Å². The van der Waals surface area contributed by atoms with Crippen LogP contribution in [0.4, 0.5) is 0 Å². The summed E-state index contributed by atoms with van der Waals surface area (Å²) >= 11 is 0. The molecule has 2 N–H and O–H groups in total. The minimum Gasteiger partial charge on any atom is -0.122 e. The lowest BCUT2D eigenvalue weighted by Crippen LogP contribution is -2.00. The molecule has 0 radical (unpaired) electrons. The van der Waals surface area contributed by atoms with Gasteiger partial charge in [0.1, 0.15) is 0 Å². The molecule has 0 saturated carbocycles. The normalized spacial score (nSPS) is 13.9. The van der Waals surface area contributed by atoms with Crippen LogP contribution in [0.15, 0.2) is 0 Å². The molecule has 0 aliphatic carbocycles. The Bertz CT molecular complexity index is 162. The van der Waals surface area contributed by atoms with Gasteiger partial charge < -0.3 is 0 Å². The minimum absolute atomic E-state index is 0.536. The largest absolute Gasteiger partial charge is 0.429 e. The minimum atomic E-state index is -1.42. The lowest BCUT2D eigenvalue weighted by atomic mass is 10.0. The summed E-state index contributed by atoms with van der Waals surface area (Å²) in [6.07, 6.45) is 11.3. The van der Waals surface area contributed by atoms with Crippen LogP contribution < -0.4 is 5.50 Å². The molecular formula is C12H27NOP+. The van der Waals surface area contributed by atoms with Crippen molar-refractivity contribution < 1.29 is 4.57 Å². The van der Waals surface area contributed by atoms with E-state index in [0.29, 0.717) is 12.1 Å². The van der Waals surface area contributed by atoms with Gasteiger partial charge in [-0.3, -0.25) is 0 Å². The van der Waals surface area contributed by atoms with Crippen LogP contribution in [-0.4, -0.2) is 6.16 Å². The summed E-state index contributed by atoms with van der Waals surface area (Å²) in [5, 5.41) is 0. The first kappa shape index (κ1) is 15.1. The predicted molar refractivity (Wildman–Crippen MR) is 68.4 cm³/mol. The van der Waals surface area contributed by atoms with Gasteiger partial charge in [-0.05, 0) is 6.42 Å². The first-order valence-electron chi connectivity index (χ1n) is 6.36. The zero-order valence-corrected chi connectivity index (χ0v) is 11.3. The molecule has 0 aliphatic heterocycles. The average Bonchev–Trinajstić information content (AvgIpc) is 2.15. The van der Waals surface area contributed by atoms with Gasteiger partial charge in [0.05, 0.1) is 0 Å². The van der Waals surface area contributed by atoms with E-state index in [2.05, 4.69) is 13.8 Å². The molecule has 0 aromatic heterocycles. The van der Waals surface area contributed by atoms with Crippen molar-refractivity contribution in [1.29, 1.82) is 0 Å².